The van der Waals surface area contributed by atoms with Gasteiger partial charge >= 0.3 is 0 Å². The van der Waals surface area contributed by atoms with Crippen molar-refractivity contribution in [2.45, 2.75) is 0 Å². The molecule has 0 radical (unpaired) electrons. The van der Waals surface area contributed by atoms with Crippen molar-refractivity contribution in [3.05, 3.63) is 146 Å². The number of benzene rings is 6. The maximum Gasteiger partial charge on any atom is 0.160 e. The van der Waals surface area contributed by atoms with Gasteiger partial charge in [0.15, 0.2) is 5.82 Å². The van der Waals surface area contributed by atoms with Gasteiger partial charge in [-0.3, -0.25) is 0 Å². The van der Waals surface area contributed by atoms with Crippen molar-refractivity contribution < 1.29 is 0 Å². The molecule has 0 fully saturated rings. The van der Waals surface area contributed by atoms with Crippen LogP contribution in [-0.4, -0.2) is 9.97 Å². The van der Waals surface area contributed by atoms with Gasteiger partial charge in [0.2, 0.25) is 0 Å². The van der Waals surface area contributed by atoms with Gasteiger partial charge in [0.05, 0.1) is 11.2 Å². The lowest BCUT2D eigenvalue weighted by Gasteiger charge is -2.12. The Labute approximate surface area is 242 Å². The number of nitrogens with zero attached hydrogens (tertiary/aromatic N) is 2. The van der Waals surface area contributed by atoms with E-state index in [1.54, 1.807) is 0 Å². The van der Waals surface area contributed by atoms with Crippen LogP contribution in [0.1, 0.15) is 0 Å². The van der Waals surface area contributed by atoms with Gasteiger partial charge in [0.1, 0.15) is 0 Å². The highest BCUT2D eigenvalue weighted by Gasteiger charge is 2.14. The molecule has 0 aliphatic carbocycles. The van der Waals surface area contributed by atoms with Crippen molar-refractivity contribution >= 4 is 42.4 Å². The molecule has 0 N–H and O–H groups in total. The fraction of sp³-hybridized carbons (Fsp3) is 0. The summed E-state index contributed by atoms with van der Waals surface area (Å²) in [6.45, 7) is 0. The summed E-state index contributed by atoms with van der Waals surface area (Å²) in [6.07, 6.45) is 0. The molecule has 192 valence electrons. The monoisotopic (exact) mass is 540 g/mol. The standard InChI is InChI=1S/C38H24N2S/c1-3-10-27(11-4-1)36-33-24-29(22-23-34(33)39-38(40-36)28-12-5-2-6-13-28)25-18-20-26(21-19-25)30-15-9-16-32-31-14-7-8-17-35(31)41-37(30)32/h1-24H. The van der Waals surface area contributed by atoms with Crippen LogP contribution in [0.15, 0.2) is 146 Å². The van der Waals surface area contributed by atoms with Gasteiger partial charge in [-0.05, 0) is 40.5 Å². The number of hydrogen-bond donors (Lipinski definition) is 0. The van der Waals surface area contributed by atoms with E-state index in [-0.39, 0.29) is 0 Å². The first-order chi connectivity index (χ1) is 20.3. The average Bonchev–Trinajstić information content (AvgIpc) is 3.44. The maximum atomic E-state index is 5.07. The lowest BCUT2D eigenvalue weighted by Crippen LogP contribution is -1.95. The second-order valence-electron chi connectivity index (χ2n) is 10.2. The normalized spacial score (nSPS) is 11.4. The molecule has 2 nitrogen and oxygen atoms in total. The Kier molecular flexibility index (Phi) is 5.68. The van der Waals surface area contributed by atoms with E-state index >= 15 is 0 Å². The Bertz CT molecular complexity index is 2180. The topological polar surface area (TPSA) is 25.8 Å². The second-order valence-corrected chi connectivity index (χ2v) is 11.3. The van der Waals surface area contributed by atoms with Gasteiger partial charge in [0.25, 0.3) is 0 Å². The van der Waals surface area contributed by atoms with E-state index in [4.69, 9.17) is 9.97 Å². The van der Waals surface area contributed by atoms with Crippen molar-refractivity contribution in [3.8, 4) is 44.9 Å². The fourth-order valence-electron chi connectivity index (χ4n) is 5.66. The summed E-state index contributed by atoms with van der Waals surface area (Å²) >= 11 is 1.87. The van der Waals surface area contributed by atoms with E-state index in [2.05, 4.69) is 121 Å². The SMILES string of the molecule is c1ccc(-c2nc(-c3ccccc3)c3cc(-c4ccc(-c5cccc6c5sc5ccccc56)cc4)ccc3n2)cc1. The first-order valence-electron chi connectivity index (χ1n) is 13.8. The highest BCUT2D eigenvalue weighted by molar-refractivity contribution is 7.26. The molecule has 0 unspecified atom stereocenters. The van der Waals surface area contributed by atoms with Crippen LogP contribution in [0.5, 0.6) is 0 Å². The molecule has 2 aromatic heterocycles. The van der Waals surface area contributed by atoms with E-state index in [0.29, 0.717) is 0 Å². The molecule has 0 saturated heterocycles. The molecule has 0 amide bonds. The predicted octanol–water partition coefficient (Wildman–Crippen LogP) is 10.7. The Morgan fingerprint density at radius 1 is 0.415 bits per heavy atom. The van der Waals surface area contributed by atoms with Crippen molar-refractivity contribution in [3.63, 3.8) is 0 Å². The van der Waals surface area contributed by atoms with Crippen LogP contribution in [0.2, 0.25) is 0 Å². The van der Waals surface area contributed by atoms with Gasteiger partial charge in [-0.2, -0.15) is 0 Å². The molecule has 8 aromatic rings. The van der Waals surface area contributed by atoms with E-state index in [1.165, 1.54) is 36.9 Å². The number of aromatic nitrogens is 2. The zero-order valence-electron chi connectivity index (χ0n) is 22.2. The van der Waals surface area contributed by atoms with Crippen LogP contribution in [-0.2, 0) is 0 Å². The Morgan fingerprint density at radius 3 is 1.88 bits per heavy atom. The number of hydrogen-bond acceptors (Lipinski definition) is 3. The molecular weight excluding hydrogens is 516 g/mol. The molecule has 8 rings (SSSR count). The summed E-state index contributed by atoms with van der Waals surface area (Å²) in [4.78, 5) is 10.0. The summed E-state index contributed by atoms with van der Waals surface area (Å²) in [7, 11) is 0. The Hall–Kier alpha value is -5.12. The quantitative estimate of drug-likeness (QED) is 0.222. The molecule has 6 aromatic carbocycles. The largest absolute Gasteiger partial charge is 0.228 e. The zero-order valence-corrected chi connectivity index (χ0v) is 23.0. The van der Waals surface area contributed by atoms with Crippen LogP contribution in [0.4, 0.5) is 0 Å². The lowest BCUT2D eigenvalue weighted by atomic mass is 9.97. The molecule has 0 spiro atoms. The summed E-state index contributed by atoms with van der Waals surface area (Å²) in [6, 6.07) is 51.3. The van der Waals surface area contributed by atoms with Crippen molar-refractivity contribution in [2.24, 2.45) is 0 Å². The first kappa shape index (κ1) is 23.7. The molecule has 2 heterocycles. The molecule has 0 saturated carbocycles. The minimum atomic E-state index is 0.740. The molecular formula is C38H24N2S. The molecule has 0 bridgehead atoms. The van der Waals surface area contributed by atoms with Crippen LogP contribution < -0.4 is 0 Å². The third kappa shape index (κ3) is 4.19. The third-order valence-corrected chi connectivity index (χ3v) is 8.93. The molecule has 3 heteroatoms. The molecule has 0 atom stereocenters. The van der Waals surface area contributed by atoms with E-state index < -0.39 is 0 Å². The summed E-state index contributed by atoms with van der Waals surface area (Å²) in [5, 5.41) is 3.70. The summed E-state index contributed by atoms with van der Waals surface area (Å²) in [5.74, 6) is 0.740. The van der Waals surface area contributed by atoms with Crippen LogP contribution in [0.25, 0.3) is 76.0 Å². The van der Waals surface area contributed by atoms with Crippen LogP contribution in [0, 0.1) is 0 Å². The van der Waals surface area contributed by atoms with Crippen LogP contribution in [0.3, 0.4) is 0 Å². The van der Waals surface area contributed by atoms with E-state index in [1.807, 2.05) is 35.6 Å². The van der Waals surface area contributed by atoms with Gasteiger partial charge in [-0.15, -0.1) is 11.3 Å². The van der Waals surface area contributed by atoms with Crippen LogP contribution >= 0.6 is 11.3 Å². The molecule has 0 aliphatic rings. The fourth-order valence-corrected chi connectivity index (χ4v) is 6.90. The minimum absolute atomic E-state index is 0.740. The van der Waals surface area contributed by atoms with E-state index in [9.17, 15) is 0 Å². The molecule has 0 aliphatic heterocycles. The van der Waals surface area contributed by atoms with Crippen molar-refractivity contribution in [1.29, 1.82) is 0 Å². The molecule has 41 heavy (non-hydrogen) atoms. The smallest absolute Gasteiger partial charge is 0.160 e. The number of rotatable bonds is 4. The van der Waals surface area contributed by atoms with Crippen molar-refractivity contribution in [1.82, 2.24) is 9.97 Å². The highest BCUT2D eigenvalue weighted by Crippen LogP contribution is 2.40. The van der Waals surface area contributed by atoms with Crippen molar-refractivity contribution in [2.75, 3.05) is 0 Å². The highest BCUT2D eigenvalue weighted by atomic mass is 32.1. The first-order valence-corrected chi connectivity index (χ1v) is 14.6. The number of thiophene rings is 1. The lowest BCUT2D eigenvalue weighted by molar-refractivity contribution is 1.23. The summed E-state index contributed by atoms with van der Waals surface area (Å²) in [5.41, 5.74) is 8.82. The van der Waals surface area contributed by atoms with E-state index in [0.717, 1.165) is 39.1 Å². The Morgan fingerprint density at radius 2 is 1.07 bits per heavy atom. The average molecular weight is 541 g/mol. The Balaban J connectivity index is 1.23. The number of fused-ring (bicyclic) bond motifs is 4. The predicted molar refractivity (Wildman–Crippen MR) is 174 cm³/mol. The minimum Gasteiger partial charge on any atom is -0.228 e. The summed E-state index contributed by atoms with van der Waals surface area (Å²) < 4.78 is 2.67. The maximum absolute atomic E-state index is 5.07. The van der Waals surface area contributed by atoms with Gasteiger partial charge in [-0.1, -0.05) is 127 Å². The van der Waals surface area contributed by atoms with Gasteiger partial charge < -0.3 is 0 Å². The zero-order chi connectivity index (χ0) is 27.2. The van der Waals surface area contributed by atoms with Gasteiger partial charge in [0, 0.05) is 36.7 Å². The third-order valence-electron chi connectivity index (χ3n) is 7.71. The van der Waals surface area contributed by atoms with Gasteiger partial charge in [-0.25, -0.2) is 9.97 Å². The second kappa shape index (κ2) is 9.81.